The van der Waals surface area contributed by atoms with Gasteiger partial charge < -0.3 is 18.3 Å². The maximum Gasteiger partial charge on any atom is 0.269 e. The van der Waals surface area contributed by atoms with Crippen LogP contribution in [0.4, 0.5) is 5.69 Å². The van der Waals surface area contributed by atoms with Crippen molar-refractivity contribution < 1.29 is 23.2 Å². The number of imidazole rings is 1. The summed E-state index contributed by atoms with van der Waals surface area (Å²) < 4.78 is 28.0. The van der Waals surface area contributed by atoms with Crippen molar-refractivity contribution >= 4 is 33.5 Å². The van der Waals surface area contributed by atoms with Crippen molar-refractivity contribution in [2.45, 2.75) is 103 Å². The second-order valence-electron chi connectivity index (χ2n) is 13.7. The lowest BCUT2D eigenvalue weighted by Gasteiger charge is -2.40. The molecule has 1 aliphatic heterocycles. The molecule has 0 N–H and O–H groups in total. The molecule has 0 amide bonds. The lowest BCUT2D eigenvalue weighted by atomic mass is 10.2. The number of hydrogen-bond donors (Lipinski definition) is 0. The maximum absolute atomic E-state index is 11.0. The summed E-state index contributed by atoms with van der Waals surface area (Å²) in [6, 6.07) is 5.82. The Kier molecular flexibility index (Phi) is 8.51. The van der Waals surface area contributed by atoms with Crippen LogP contribution in [-0.4, -0.2) is 59.9 Å². The first-order chi connectivity index (χ1) is 18.9. The fraction of sp³-hybridized carbons (Fsp3) is 0.607. The number of hydrogen-bond acceptors (Lipinski definition) is 9. The Morgan fingerprint density at radius 3 is 2.22 bits per heavy atom. The van der Waals surface area contributed by atoms with Crippen LogP contribution >= 0.6 is 0 Å². The highest BCUT2D eigenvalue weighted by Gasteiger charge is 2.47. The molecule has 0 saturated carbocycles. The third-order valence-corrected chi connectivity index (χ3v) is 17.7. The number of nitro benzene ring substituents is 1. The fourth-order valence-corrected chi connectivity index (χ4v) is 6.44. The molecule has 0 spiro atoms. The minimum absolute atomic E-state index is 0.0191. The van der Waals surface area contributed by atoms with Gasteiger partial charge in [0.15, 0.2) is 27.8 Å². The van der Waals surface area contributed by atoms with E-state index in [0.717, 1.165) is 0 Å². The second kappa shape index (κ2) is 11.2. The van der Waals surface area contributed by atoms with Gasteiger partial charge >= 0.3 is 0 Å². The summed E-state index contributed by atoms with van der Waals surface area (Å²) in [5, 5.41) is 11.1. The molecular formula is C28H43N5O6Si2. The van der Waals surface area contributed by atoms with Gasteiger partial charge in [0, 0.05) is 18.6 Å². The molecule has 0 unspecified atom stereocenters. The van der Waals surface area contributed by atoms with E-state index >= 15 is 0 Å². The van der Waals surface area contributed by atoms with Crippen LogP contribution in [0.1, 0.15) is 54.2 Å². The average molecular weight is 602 g/mol. The van der Waals surface area contributed by atoms with Gasteiger partial charge in [-0.05, 0) is 48.4 Å². The van der Waals surface area contributed by atoms with Gasteiger partial charge in [-0.1, -0.05) is 41.5 Å². The van der Waals surface area contributed by atoms with Gasteiger partial charge in [-0.3, -0.25) is 14.7 Å². The van der Waals surface area contributed by atoms with Crippen LogP contribution in [0.15, 0.2) is 36.9 Å². The summed E-state index contributed by atoms with van der Waals surface area (Å²) in [6.07, 6.45) is 3.00. The van der Waals surface area contributed by atoms with Crippen molar-refractivity contribution in [1.29, 1.82) is 0 Å². The highest BCUT2D eigenvalue weighted by Crippen LogP contribution is 2.43. The molecule has 0 bridgehead atoms. The number of non-ortho nitro benzene ring substituents is 1. The Hall–Kier alpha value is -2.72. The van der Waals surface area contributed by atoms with E-state index < -0.39 is 21.6 Å². The van der Waals surface area contributed by atoms with Crippen molar-refractivity contribution in [1.82, 2.24) is 19.5 Å². The van der Waals surface area contributed by atoms with E-state index in [1.54, 1.807) is 6.33 Å². The molecule has 2 aromatic heterocycles. The van der Waals surface area contributed by atoms with Crippen molar-refractivity contribution in [2.24, 2.45) is 0 Å². The van der Waals surface area contributed by atoms with Crippen molar-refractivity contribution in [3.05, 3.63) is 47.0 Å². The summed E-state index contributed by atoms with van der Waals surface area (Å²) >= 11 is 0. The second-order valence-corrected chi connectivity index (χ2v) is 23.3. The van der Waals surface area contributed by atoms with Gasteiger partial charge in [-0.25, -0.2) is 9.97 Å². The monoisotopic (exact) mass is 601 g/mol. The largest absolute Gasteiger partial charge is 0.437 e. The molecule has 0 radical (unpaired) electrons. The summed E-state index contributed by atoms with van der Waals surface area (Å²) in [4.78, 5) is 23.8. The van der Waals surface area contributed by atoms with Crippen LogP contribution in [0.2, 0.25) is 36.3 Å². The van der Waals surface area contributed by atoms with Crippen LogP contribution in [0.3, 0.4) is 0 Å². The maximum atomic E-state index is 11.0. The zero-order valence-corrected chi connectivity index (χ0v) is 27.8. The lowest BCUT2D eigenvalue weighted by molar-refractivity contribution is -0.384. The molecule has 11 nitrogen and oxygen atoms in total. The molecule has 0 aliphatic carbocycles. The van der Waals surface area contributed by atoms with Crippen molar-refractivity contribution in [3.8, 4) is 11.6 Å². The number of fused-ring (bicyclic) bond motifs is 1. The van der Waals surface area contributed by atoms with Gasteiger partial charge in [0.25, 0.3) is 11.6 Å². The first-order valence-electron chi connectivity index (χ1n) is 14.0. The van der Waals surface area contributed by atoms with Crippen LogP contribution in [-0.2, 0) is 13.6 Å². The number of nitrogens with zero attached hydrogens (tertiary/aromatic N) is 5. The van der Waals surface area contributed by atoms with E-state index in [1.807, 2.05) is 4.57 Å². The average Bonchev–Trinajstić information content (AvgIpc) is 3.46. The van der Waals surface area contributed by atoms with E-state index in [4.69, 9.17) is 18.3 Å². The van der Waals surface area contributed by atoms with Crippen LogP contribution in [0.25, 0.3) is 11.2 Å². The Bertz CT molecular complexity index is 1380. The molecule has 1 aromatic carbocycles. The minimum atomic E-state index is -2.09. The first kappa shape index (κ1) is 31.2. The smallest absolute Gasteiger partial charge is 0.269 e. The Morgan fingerprint density at radius 1 is 1.00 bits per heavy atom. The zero-order chi connectivity index (χ0) is 30.4. The quantitative estimate of drug-likeness (QED) is 0.142. The van der Waals surface area contributed by atoms with E-state index in [9.17, 15) is 10.1 Å². The van der Waals surface area contributed by atoms with Crippen molar-refractivity contribution in [2.75, 3.05) is 6.61 Å². The molecule has 3 atom stereocenters. The summed E-state index contributed by atoms with van der Waals surface area (Å²) in [5.41, 5.74) is 1.02. The fourth-order valence-electron chi connectivity index (χ4n) is 4.07. The summed E-state index contributed by atoms with van der Waals surface area (Å²) in [7, 11) is -4.09. The first-order valence-corrected chi connectivity index (χ1v) is 19.8. The number of aromatic nitrogens is 4. The molecular weight excluding hydrogens is 559 g/mol. The third kappa shape index (κ3) is 6.69. The number of nitro groups is 1. The van der Waals surface area contributed by atoms with Crippen LogP contribution in [0, 0.1) is 10.1 Å². The number of benzene rings is 1. The standard InChI is InChI=1S/C28H43N5O6Si2/c1-27(2,3)40(7,8)36-16-22-21(39-41(9,10)28(4,5)6)15-23(38-22)32-18-31-24-25(32)29-17-30-26(24)37-20-13-11-19(12-14-20)33(34)35/h11-14,17-18,21-23H,15-16H2,1-10H3/t21-,22+,23+/m0/s1. The Labute approximate surface area is 244 Å². The van der Waals surface area contributed by atoms with Gasteiger partial charge in [0.05, 0.1) is 24.0 Å². The van der Waals surface area contributed by atoms with E-state index in [-0.39, 0.29) is 40.1 Å². The van der Waals surface area contributed by atoms with E-state index in [0.29, 0.717) is 29.9 Å². The predicted octanol–water partition coefficient (Wildman–Crippen LogP) is 7.23. The molecule has 3 aromatic rings. The van der Waals surface area contributed by atoms with Gasteiger partial charge in [-0.15, -0.1) is 0 Å². The molecule has 1 saturated heterocycles. The predicted molar refractivity (Wildman–Crippen MR) is 162 cm³/mol. The van der Waals surface area contributed by atoms with Crippen molar-refractivity contribution in [3.63, 3.8) is 0 Å². The molecule has 4 rings (SSSR count). The molecule has 1 fully saturated rings. The summed E-state index contributed by atoms with van der Waals surface area (Å²) in [6.45, 7) is 22.9. The van der Waals surface area contributed by atoms with Gasteiger partial charge in [0.2, 0.25) is 0 Å². The highest BCUT2D eigenvalue weighted by molar-refractivity contribution is 6.74. The minimum Gasteiger partial charge on any atom is -0.437 e. The van der Waals surface area contributed by atoms with Gasteiger partial charge in [0.1, 0.15) is 24.4 Å². The molecule has 41 heavy (non-hydrogen) atoms. The van der Waals surface area contributed by atoms with Gasteiger partial charge in [-0.2, -0.15) is 4.98 Å². The highest BCUT2D eigenvalue weighted by atomic mass is 28.4. The molecule has 1 aliphatic rings. The van der Waals surface area contributed by atoms with Crippen LogP contribution < -0.4 is 4.74 Å². The Morgan fingerprint density at radius 2 is 1.63 bits per heavy atom. The van der Waals surface area contributed by atoms with E-state index in [1.165, 1.54) is 30.6 Å². The topological polar surface area (TPSA) is 124 Å². The SMILES string of the molecule is CC(C)(C)[Si](C)(C)OC[C@H]1O[C@@H](n2cnc3c(Oc4ccc([N+](=O)[O-])cc4)ncnc32)C[C@@H]1O[Si](C)(C)C(C)(C)C. The van der Waals surface area contributed by atoms with E-state index in [2.05, 4.69) is 82.7 Å². The number of rotatable bonds is 9. The third-order valence-electron chi connectivity index (χ3n) is 8.74. The zero-order valence-electron chi connectivity index (χ0n) is 25.8. The Balaban J connectivity index is 1.60. The lowest BCUT2D eigenvalue weighted by Crippen LogP contribution is -2.48. The summed E-state index contributed by atoms with van der Waals surface area (Å²) in [5.74, 6) is 0.667. The molecule has 224 valence electrons. The number of ether oxygens (including phenoxy) is 2. The normalized spacial score (nSPS) is 20.5. The molecule has 13 heteroatoms. The molecule has 3 heterocycles. The van der Waals surface area contributed by atoms with Crippen LogP contribution in [0.5, 0.6) is 11.6 Å².